The first-order valence-electron chi connectivity index (χ1n) is 9.50. The molecule has 3 aromatic rings. The van der Waals surface area contributed by atoms with Crippen molar-refractivity contribution in [1.82, 2.24) is 9.13 Å². The molecule has 0 fully saturated rings. The van der Waals surface area contributed by atoms with Gasteiger partial charge in [0.1, 0.15) is 6.54 Å². The van der Waals surface area contributed by atoms with E-state index in [0.29, 0.717) is 41.3 Å². The monoisotopic (exact) mass is 395 g/mol. The first-order chi connectivity index (χ1) is 14.1. The highest BCUT2D eigenvalue weighted by atomic mass is 16.5. The number of nitrogens with zero attached hydrogens (tertiary/aromatic N) is 2. The molecular weight excluding hydrogens is 374 g/mol. The molecule has 1 aliphatic heterocycles. The van der Waals surface area contributed by atoms with Crippen LogP contribution in [0.2, 0.25) is 0 Å². The number of rotatable bonds is 4. The number of ether oxygens (including phenoxy) is 2. The maximum absolute atomic E-state index is 12.8. The Bertz CT molecular complexity index is 1200. The van der Waals surface area contributed by atoms with Crippen molar-refractivity contribution in [2.24, 2.45) is 0 Å². The molecule has 1 aromatic heterocycles. The van der Waals surface area contributed by atoms with Gasteiger partial charge in [-0.1, -0.05) is 12.1 Å². The van der Waals surface area contributed by atoms with Gasteiger partial charge in [-0.2, -0.15) is 0 Å². The van der Waals surface area contributed by atoms with Gasteiger partial charge in [-0.3, -0.25) is 18.7 Å². The van der Waals surface area contributed by atoms with Crippen molar-refractivity contribution in [3.8, 4) is 11.5 Å². The van der Waals surface area contributed by atoms with Crippen LogP contribution in [0.5, 0.6) is 11.5 Å². The lowest BCUT2D eigenvalue weighted by Gasteiger charge is -2.14. The Morgan fingerprint density at radius 3 is 2.59 bits per heavy atom. The Morgan fingerprint density at radius 2 is 1.79 bits per heavy atom. The average Bonchev–Trinajstić information content (AvgIpc) is 2.96. The van der Waals surface area contributed by atoms with Crippen LogP contribution >= 0.6 is 0 Å². The number of aromatic nitrogens is 2. The second kappa shape index (κ2) is 7.83. The zero-order chi connectivity index (χ0) is 20.4. The second-order valence-electron chi connectivity index (χ2n) is 6.70. The number of hydrogen-bond acceptors (Lipinski definition) is 5. The average molecular weight is 395 g/mol. The normalized spacial score (nSPS) is 13.1. The molecule has 0 spiro atoms. The number of carbonyl (C=O) groups excluding carboxylic acids is 1. The van der Waals surface area contributed by atoms with Gasteiger partial charge in [0.25, 0.3) is 5.56 Å². The Morgan fingerprint density at radius 1 is 1.03 bits per heavy atom. The summed E-state index contributed by atoms with van der Waals surface area (Å²) in [6.45, 7) is 2.87. The predicted molar refractivity (Wildman–Crippen MR) is 109 cm³/mol. The lowest BCUT2D eigenvalue weighted by molar-refractivity contribution is -0.116. The largest absolute Gasteiger partial charge is 0.490 e. The molecule has 1 amide bonds. The third-order valence-electron chi connectivity index (χ3n) is 4.78. The minimum atomic E-state index is -0.509. The van der Waals surface area contributed by atoms with Crippen LogP contribution in [0.25, 0.3) is 10.9 Å². The van der Waals surface area contributed by atoms with Crippen LogP contribution in [0.3, 0.4) is 0 Å². The van der Waals surface area contributed by atoms with E-state index in [9.17, 15) is 14.4 Å². The highest BCUT2D eigenvalue weighted by molar-refractivity contribution is 5.92. The van der Waals surface area contributed by atoms with E-state index in [2.05, 4.69) is 5.32 Å². The lowest BCUT2D eigenvalue weighted by Crippen LogP contribution is -2.41. The van der Waals surface area contributed by atoms with E-state index in [1.165, 1.54) is 4.57 Å². The van der Waals surface area contributed by atoms with Crippen molar-refractivity contribution in [1.29, 1.82) is 0 Å². The molecule has 0 radical (unpaired) electrons. The van der Waals surface area contributed by atoms with E-state index in [4.69, 9.17) is 9.47 Å². The first kappa shape index (κ1) is 18.8. The van der Waals surface area contributed by atoms with Crippen LogP contribution in [-0.4, -0.2) is 28.3 Å². The molecule has 2 aromatic carbocycles. The van der Waals surface area contributed by atoms with Crippen molar-refractivity contribution in [2.45, 2.75) is 26.4 Å². The standard InChI is InChI=1S/C21H21N3O5/c1-2-23-20(26)15-6-3-4-7-16(15)24(21(23)27)13-19(25)22-14-8-9-17-18(12-14)29-11-5-10-28-17/h3-4,6-9,12H,2,5,10-11,13H2,1H3,(H,22,25). The predicted octanol–water partition coefficient (Wildman–Crippen LogP) is 1.98. The summed E-state index contributed by atoms with van der Waals surface area (Å²) >= 11 is 0. The summed E-state index contributed by atoms with van der Waals surface area (Å²) in [6, 6.07) is 12.0. The number of anilines is 1. The van der Waals surface area contributed by atoms with Crippen LogP contribution in [0.4, 0.5) is 5.69 Å². The van der Waals surface area contributed by atoms with E-state index in [0.717, 1.165) is 11.0 Å². The van der Waals surface area contributed by atoms with Gasteiger partial charge in [0.05, 0.1) is 24.1 Å². The van der Waals surface area contributed by atoms with Crippen LogP contribution in [0.1, 0.15) is 13.3 Å². The van der Waals surface area contributed by atoms with Crippen molar-refractivity contribution in [2.75, 3.05) is 18.5 Å². The highest BCUT2D eigenvalue weighted by Gasteiger charge is 2.16. The van der Waals surface area contributed by atoms with Gasteiger partial charge in [0.2, 0.25) is 5.91 Å². The first-order valence-corrected chi connectivity index (χ1v) is 9.50. The van der Waals surface area contributed by atoms with Gasteiger partial charge in [-0.25, -0.2) is 4.79 Å². The number of nitrogens with one attached hydrogen (secondary N) is 1. The molecule has 4 rings (SSSR count). The van der Waals surface area contributed by atoms with Crippen molar-refractivity contribution < 1.29 is 14.3 Å². The summed E-state index contributed by atoms with van der Waals surface area (Å²) in [6.07, 6.45) is 0.791. The van der Waals surface area contributed by atoms with Crippen LogP contribution < -0.4 is 26.0 Å². The Hall–Kier alpha value is -3.55. The lowest BCUT2D eigenvalue weighted by atomic mass is 10.2. The summed E-state index contributed by atoms with van der Waals surface area (Å²) in [5.41, 5.74) is 0.110. The molecule has 29 heavy (non-hydrogen) atoms. The second-order valence-corrected chi connectivity index (χ2v) is 6.70. The Kier molecular flexibility index (Phi) is 5.07. The number of para-hydroxylation sites is 1. The zero-order valence-corrected chi connectivity index (χ0v) is 16.0. The van der Waals surface area contributed by atoms with Gasteiger partial charge in [0, 0.05) is 24.7 Å². The van der Waals surface area contributed by atoms with E-state index in [1.54, 1.807) is 49.4 Å². The fourth-order valence-electron chi connectivity index (χ4n) is 3.39. The Balaban J connectivity index is 1.64. The van der Waals surface area contributed by atoms with E-state index in [-0.39, 0.29) is 24.6 Å². The molecule has 1 aliphatic rings. The van der Waals surface area contributed by atoms with Crippen LogP contribution in [-0.2, 0) is 17.9 Å². The fraction of sp³-hybridized carbons (Fsp3) is 0.286. The fourth-order valence-corrected chi connectivity index (χ4v) is 3.39. The third-order valence-corrected chi connectivity index (χ3v) is 4.78. The Labute approximate surface area is 166 Å². The molecule has 0 saturated heterocycles. The van der Waals surface area contributed by atoms with Crippen LogP contribution in [0.15, 0.2) is 52.1 Å². The van der Waals surface area contributed by atoms with Crippen molar-refractivity contribution >= 4 is 22.5 Å². The van der Waals surface area contributed by atoms with Gasteiger partial charge < -0.3 is 14.8 Å². The molecule has 0 atom stereocenters. The number of carbonyl (C=O) groups is 1. The molecule has 2 heterocycles. The number of amides is 1. The quantitative estimate of drug-likeness (QED) is 0.729. The zero-order valence-electron chi connectivity index (χ0n) is 16.0. The molecule has 0 saturated carbocycles. The number of benzene rings is 2. The summed E-state index contributed by atoms with van der Waals surface area (Å²) in [5, 5.41) is 3.18. The maximum atomic E-state index is 12.8. The van der Waals surface area contributed by atoms with E-state index >= 15 is 0 Å². The number of hydrogen-bond donors (Lipinski definition) is 1. The molecule has 150 valence electrons. The van der Waals surface area contributed by atoms with Gasteiger partial charge in [-0.05, 0) is 31.2 Å². The minimum absolute atomic E-state index is 0.214. The van der Waals surface area contributed by atoms with Crippen molar-refractivity contribution in [3.05, 3.63) is 63.3 Å². The topological polar surface area (TPSA) is 91.6 Å². The molecule has 8 nitrogen and oxygen atoms in total. The molecular formula is C21H21N3O5. The third kappa shape index (κ3) is 3.61. The van der Waals surface area contributed by atoms with Crippen molar-refractivity contribution in [3.63, 3.8) is 0 Å². The van der Waals surface area contributed by atoms with Gasteiger partial charge >= 0.3 is 5.69 Å². The molecule has 8 heteroatoms. The minimum Gasteiger partial charge on any atom is -0.490 e. The summed E-state index contributed by atoms with van der Waals surface area (Å²) in [7, 11) is 0. The molecule has 1 N–H and O–H groups in total. The van der Waals surface area contributed by atoms with E-state index < -0.39 is 5.69 Å². The van der Waals surface area contributed by atoms with E-state index in [1.807, 2.05) is 0 Å². The molecule has 0 aliphatic carbocycles. The smallest absolute Gasteiger partial charge is 0.331 e. The van der Waals surface area contributed by atoms with Gasteiger partial charge in [-0.15, -0.1) is 0 Å². The highest BCUT2D eigenvalue weighted by Crippen LogP contribution is 2.32. The SMILES string of the molecule is CCn1c(=O)c2ccccc2n(CC(=O)Nc2ccc3c(c2)OCCCO3)c1=O. The summed E-state index contributed by atoms with van der Waals surface area (Å²) in [4.78, 5) is 37.9. The molecule has 0 unspecified atom stereocenters. The summed E-state index contributed by atoms with van der Waals surface area (Å²) < 4.78 is 13.7. The van der Waals surface area contributed by atoms with Crippen LogP contribution in [0, 0.1) is 0 Å². The maximum Gasteiger partial charge on any atom is 0.331 e. The summed E-state index contributed by atoms with van der Waals surface area (Å²) in [5.74, 6) is 0.827. The molecule has 0 bridgehead atoms. The van der Waals surface area contributed by atoms with Gasteiger partial charge in [0.15, 0.2) is 11.5 Å². The number of fused-ring (bicyclic) bond motifs is 2.